The van der Waals surface area contributed by atoms with Gasteiger partial charge in [-0.2, -0.15) is 5.26 Å². The zero-order chi connectivity index (χ0) is 22.2. The fourth-order valence-corrected chi connectivity index (χ4v) is 5.84. The fraction of sp³-hybridized carbons (Fsp3) is 0.111. The first-order chi connectivity index (χ1) is 15.7. The van der Waals surface area contributed by atoms with Crippen molar-refractivity contribution < 1.29 is 4.21 Å². The van der Waals surface area contributed by atoms with Crippen molar-refractivity contribution in [2.75, 3.05) is 11.5 Å². The normalized spacial score (nSPS) is 11.6. The summed E-state index contributed by atoms with van der Waals surface area (Å²) in [6.07, 6.45) is 0. The molecule has 1 unspecified atom stereocenters. The van der Waals surface area contributed by atoms with Gasteiger partial charge in [0, 0.05) is 39.2 Å². The molecule has 1 heterocycles. The topological polar surface area (TPSA) is 53.8 Å². The van der Waals surface area contributed by atoms with Crippen molar-refractivity contribution in [3.05, 3.63) is 108 Å². The molecule has 3 nitrogen and oxygen atoms in total. The van der Waals surface area contributed by atoms with Crippen LogP contribution < -0.4 is 0 Å². The van der Waals surface area contributed by atoms with Crippen molar-refractivity contribution in [2.45, 2.75) is 10.8 Å². The second-order valence-electron chi connectivity index (χ2n) is 7.20. The number of rotatable bonds is 8. The third kappa shape index (κ3) is 5.53. The van der Waals surface area contributed by atoms with E-state index in [9.17, 15) is 9.47 Å². The average Bonchev–Trinajstić information content (AvgIpc) is 2.85. The van der Waals surface area contributed by atoms with Gasteiger partial charge in [0.15, 0.2) is 0 Å². The highest BCUT2D eigenvalue weighted by Crippen LogP contribution is 2.34. The number of nitriles is 1. The predicted molar refractivity (Wildman–Crippen MR) is 134 cm³/mol. The van der Waals surface area contributed by atoms with Crippen LogP contribution in [0, 0.1) is 11.3 Å². The quantitative estimate of drug-likeness (QED) is 0.292. The minimum atomic E-state index is -0.967. The number of benzene rings is 3. The van der Waals surface area contributed by atoms with Gasteiger partial charge in [-0.15, -0.1) is 11.8 Å². The Hall–Kier alpha value is -3.20. The van der Waals surface area contributed by atoms with Crippen molar-refractivity contribution in [1.82, 2.24) is 4.98 Å². The lowest BCUT2D eigenvalue weighted by Gasteiger charge is -2.12. The second-order valence-corrected chi connectivity index (χ2v) is 9.86. The molecule has 1 atom stereocenters. The molecule has 0 saturated carbocycles. The highest BCUT2D eigenvalue weighted by Gasteiger charge is 2.16. The lowest BCUT2D eigenvalue weighted by Crippen LogP contribution is -2.04. The van der Waals surface area contributed by atoms with Crippen LogP contribution >= 0.6 is 11.8 Å². The van der Waals surface area contributed by atoms with Crippen LogP contribution in [0.2, 0.25) is 0 Å². The van der Waals surface area contributed by atoms with Crippen molar-refractivity contribution in [3.8, 4) is 28.5 Å². The SMILES string of the molecule is N#Cc1c(-c2ccccc2)cc(-c2ccccc2)nc1SCCS(=O)Cc1ccccc1. The first kappa shape index (κ1) is 22.0. The summed E-state index contributed by atoms with van der Waals surface area (Å²) in [6.45, 7) is 0. The van der Waals surface area contributed by atoms with E-state index in [4.69, 9.17) is 4.98 Å². The molecule has 0 aliphatic heterocycles. The molecular formula is C27H22N2OS2. The van der Waals surface area contributed by atoms with E-state index in [1.54, 1.807) is 0 Å². The Kier molecular flexibility index (Phi) is 7.50. The van der Waals surface area contributed by atoms with Crippen molar-refractivity contribution in [2.24, 2.45) is 0 Å². The van der Waals surface area contributed by atoms with E-state index in [0.717, 1.165) is 27.9 Å². The molecule has 0 N–H and O–H groups in total. The van der Waals surface area contributed by atoms with Crippen LogP contribution in [0.25, 0.3) is 22.4 Å². The van der Waals surface area contributed by atoms with E-state index >= 15 is 0 Å². The summed E-state index contributed by atoms with van der Waals surface area (Å²) >= 11 is 1.50. The van der Waals surface area contributed by atoms with Crippen LogP contribution in [0.3, 0.4) is 0 Å². The number of thioether (sulfide) groups is 1. The molecule has 3 aromatic carbocycles. The Morgan fingerprint density at radius 3 is 2.06 bits per heavy atom. The average molecular weight is 455 g/mol. The molecule has 1 aromatic heterocycles. The van der Waals surface area contributed by atoms with Gasteiger partial charge < -0.3 is 0 Å². The number of nitrogens with zero attached hydrogens (tertiary/aromatic N) is 2. The summed E-state index contributed by atoms with van der Waals surface area (Å²) in [4.78, 5) is 4.82. The lowest BCUT2D eigenvalue weighted by molar-refractivity contribution is 0.683. The van der Waals surface area contributed by atoms with Gasteiger partial charge in [-0.3, -0.25) is 4.21 Å². The molecule has 0 aliphatic rings. The Bertz CT molecular complexity index is 1240. The summed E-state index contributed by atoms with van der Waals surface area (Å²) in [5, 5.41) is 10.6. The van der Waals surface area contributed by atoms with E-state index in [-0.39, 0.29) is 0 Å². The Balaban J connectivity index is 1.60. The number of hydrogen-bond acceptors (Lipinski definition) is 4. The summed E-state index contributed by atoms with van der Waals surface area (Å²) in [5.74, 6) is 1.72. The van der Waals surface area contributed by atoms with E-state index in [1.165, 1.54) is 11.8 Å². The van der Waals surface area contributed by atoms with E-state index in [1.807, 2.05) is 97.1 Å². The van der Waals surface area contributed by atoms with Gasteiger partial charge in [0.25, 0.3) is 0 Å². The number of hydrogen-bond donors (Lipinski definition) is 0. The van der Waals surface area contributed by atoms with Gasteiger partial charge in [0.2, 0.25) is 0 Å². The maximum absolute atomic E-state index is 12.5. The standard InChI is InChI=1S/C27H22N2OS2/c28-19-25-24(22-12-6-2-7-13-22)18-26(23-14-8-3-9-15-23)29-27(25)31-16-17-32(30)20-21-10-4-1-5-11-21/h1-15,18H,16-17,20H2. The predicted octanol–water partition coefficient (Wildman–Crippen LogP) is 6.33. The molecule has 32 heavy (non-hydrogen) atoms. The van der Waals surface area contributed by atoms with Crippen molar-refractivity contribution >= 4 is 22.6 Å². The second kappa shape index (κ2) is 10.9. The van der Waals surface area contributed by atoms with E-state index < -0.39 is 10.8 Å². The van der Waals surface area contributed by atoms with Crippen LogP contribution in [-0.4, -0.2) is 20.7 Å². The largest absolute Gasteiger partial charge is 0.259 e. The Morgan fingerprint density at radius 2 is 1.44 bits per heavy atom. The molecule has 0 bridgehead atoms. The van der Waals surface area contributed by atoms with Gasteiger partial charge >= 0.3 is 0 Å². The van der Waals surface area contributed by atoms with Crippen molar-refractivity contribution in [1.29, 1.82) is 5.26 Å². The minimum Gasteiger partial charge on any atom is -0.259 e. The summed E-state index contributed by atoms with van der Waals surface area (Å²) in [6, 6.07) is 34.1. The molecule has 5 heteroatoms. The van der Waals surface area contributed by atoms with E-state index in [0.29, 0.717) is 27.8 Å². The van der Waals surface area contributed by atoms with Crippen LogP contribution in [0.5, 0.6) is 0 Å². The molecule has 0 radical (unpaired) electrons. The first-order valence-electron chi connectivity index (χ1n) is 10.3. The minimum absolute atomic E-state index is 0.541. The zero-order valence-corrected chi connectivity index (χ0v) is 19.1. The third-order valence-electron chi connectivity index (χ3n) is 4.97. The molecule has 0 saturated heterocycles. The van der Waals surface area contributed by atoms with Crippen LogP contribution in [0.4, 0.5) is 0 Å². The third-order valence-corrected chi connectivity index (χ3v) is 7.52. The monoisotopic (exact) mass is 454 g/mol. The van der Waals surface area contributed by atoms with Crippen LogP contribution in [0.15, 0.2) is 102 Å². The summed E-state index contributed by atoms with van der Waals surface area (Å²) in [7, 11) is -0.967. The summed E-state index contributed by atoms with van der Waals surface area (Å²) in [5.41, 5.74) is 5.33. The van der Waals surface area contributed by atoms with Crippen LogP contribution in [0.1, 0.15) is 11.1 Å². The highest BCUT2D eigenvalue weighted by molar-refractivity contribution is 8.00. The molecule has 0 fully saturated rings. The van der Waals surface area contributed by atoms with Gasteiger partial charge in [0.05, 0.1) is 11.3 Å². The number of pyridine rings is 1. The molecule has 4 rings (SSSR count). The van der Waals surface area contributed by atoms with Crippen LogP contribution in [-0.2, 0) is 16.6 Å². The molecule has 4 aromatic rings. The lowest BCUT2D eigenvalue weighted by atomic mass is 9.99. The maximum Gasteiger partial charge on any atom is 0.115 e. The Morgan fingerprint density at radius 1 is 0.844 bits per heavy atom. The smallest absolute Gasteiger partial charge is 0.115 e. The van der Waals surface area contributed by atoms with Gasteiger partial charge in [-0.25, -0.2) is 4.98 Å². The Labute approximate surface area is 195 Å². The molecular weight excluding hydrogens is 432 g/mol. The molecule has 0 aliphatic carbocycles. The highest BCUT2D eigenvalue weighted by atomic mass is 32.2. The molecule has 0 amide bonds. The van der Waals surface area contributed by atoms with Gasteiger partial charge in [-0.1, -0.05) is 91.0 Å². The first-order valence-corrected chi connectivity index (χ1v) is 12.8. The molecule has 158 valence electrons. The van der Waals surface area contributed by atoms with Gasteiger partial charge in [-0.05, 0) is 17.2 Å². The number of aromatic nitrogens is 1. The fourth-order valence-electron chi connectivity index (χ4n) is 3.40. The van der Waals surface area contributed by atoms with Gasteiger partial charge in [0.1, 0.15) is 11.1 Å². The van der Waals surface area contributed by atoms with Crippen molar-refractivity contribution in [3.63, 3.8) is 0 Å². The van der Waals surface area contributed by atoms with E-state index in [2.05, 4.69) is 6.07 Å². The maximum atomic E-state index is 12.5. The summed E-state index contributed by atoms with van der Waals surface area (Å²) < 4.78 is 12.5. The molecule has 0 spiro atoms. The zero-order valence-electron chi connectivity index (χ0n) is 17.5.